The van der Waals surface area contributed by atoms with Gasteiger partial charge in [0.25, 0.3) is 0 Å². The molecule has 0 aromatic heterocycles. The molecule has 5 heteroatoms. The molecule has 1 atom stereocenters. The Hall–Kier alpha value is -2.08. The quantitative estimate of drug-likeness (QED) is 0.0844. The normalized spacial score (nSPS) is 13.0. The number of esters is 1. The number of benzene rings is 3. The number of thioether (sulfide) groups is 1. The maximum atomic E-state index is 11.9. The lowest BCUT2D eigenvalue weighted by Crippen LogP contribution is -2.41. The average Bonchev–Trinajstić information content (AvgIpc) is 2.91. The Morgan fingerprint density at radius 3 is 2.33 bits per heavy atom. The van der Waals surface area contributed by atoms with Gasteiger partial charge in [-0.05, 0) is 70.7 Å². The van der Waals surface area contributed by atoms with Crippen LogP contribution < -0.4 is 0 Å². The van der Waals surface area contributed by atoms with Crippen LogP contribution in [0.2, 0.25) is 18.1 Å². The summed E-state index contributed by atoms with van der Waals surface area (Å²) in [5.41, 5.74) is 3.16. The Morgan fingerprint density at radius 1 is 0.897 bits per heavy atom. The zero-order valence-electron chi connectivity index (χ0n) is 25.1. The van der Waals surface area contributed by atoms with E-state index in [0.29, 0.717) is 5.56 Å². The smallest absolute Gasteiger partial charge is 0.337 e. The van der Waals surface area contributed by atoms with Crippen LogP contribution >= 0.6 is 11.8 Å². The van der Waals surface area contributed by atoms with E-state index in [2.05, 4.69) is 77.2 Å². The molecule has 0 radical (unpaired) electrons. The highest BCUT2D eigenvalue weighted by atomic mass is 32.2. The van der Waals surface area contributed by atoms with Crippen molar-refractivity contribution in [2.45, 2.75) is 108 Å². The molecule has 0 fully saturated rings. The van der Waals surface area contributed by atoms with Crippen molar-refractivity contribution < 1.29 is 14.0 Å². The van der Waals surface area contributed by atoms with Gasteiger partial charge in [-0.15, -0.1) is 11.8 Å². The summed E-state index contributed by atoms with van der Waals surface area (Å²) in [4.78, 5) is 13.0. The monoisotopic (exact) mass is 564 g/mol. The van der Waals surface area contributed by atoms with Crippen LogP contribution in [-0.2, 0) is 14.9 Å². The molecule has 0 aliphatic carbocycles. The minimum Gasteiger partial charge on any atom is -0.465 e. The number of hydrogen-bond donors (Lipinski definition) is 0. The molecule has 0 heterocycles. The van der Waals surface area contributed by atoms with Crippen molar-refractivity contribution in [3.63, 3.8) is 0 Å². The van der Waals surface area contributed by atoms with Gasteiger partial charge in [0.1, 0.15) is 0 Å². The Morgan fingerprint density at radius 2 is 1.62 bits per heavy atom. The summed E-state index contributed by atoms with van der Waals surface area (Å²) in [6.45, 7) is 14.0. The van der Waals surface area contributed by atoms with Gasteiger partial charge in [-0.25, -0.2) is 4.79 Å². The number of carbonyl (C=O) groups is 1. The second-order valence-electron chi connectivity index (χ2n) is 12.2. The second kappa shape index (κ2) is 14.5. The summed E-state index contributed by atoms with van der Waals surface area (Å²) in [6, 6.07) is 21.3. The first-order valence-corrected chi connectivity index (χ1v) is 18.4. The molecule has 212 valence electrons. The molecule has 0 spiro atoms. The van der Waals surface area contributed by atoms with E-state index in [1.54, 1.807) is 17.8 Å². The summed E-state index contributed by atoms with van der Waals surface area (Å²) in [5.74, 6) is 0.540. The molecule has 3 rings (SSSR count). The lowest BCUT2D eigenvalue weighted by molar-refractivity contribution is 0.0600. The Bertz CT molecular complexity index is 1210. The number of fused-ring (bicyclic) bond motifs is 1. The first-order chi connectivity index (χ1) is 18.5. The summed E-state index contributed by atoms with van der Waals surface area (Å²) < 4.78 is 11.9. The third kappa shape index (κ3) is 9.23. The first kappa shape index (κ1) is 31.4. The Labute approximate surface area is 242 Å². The van der Waals surface area contributed by atoms with E-state index in [1.165, 1.54) is 67.5 Å². The highest BCUT2D eigenvalue weighted by Gasteiger charge is 2.39. The first-order valence-electron chi connectivity index (χ1n) is 14.6. The van der Waals surface area contributed by atoms with Crippen molar-refractivity contribution in [1.29, 1.82) is 0 Å². The highest BCUT2D eigenvalue weighted by Crippen LogP contribution is 2.41. The number of hydrogen-bond acceptors (Lipinski definition) is 4. The van der Waals surface area contributed by atoms with E-state index < -0.39 is 8.32 Å². The topological polar surface area (TPSA) is 35.5 Å². The zero-order valence-corrected chi connectivity index (χ0v) is 27.0. The van der Waals surface area contributed by atoms with Gasteiger partial charge in [-0.1, -0.05) is 103 Å². The number of ether oxygens (including phenoxy) is 1. The molecule has 3 aromatic carbocycles. The number of rotatable bonds is 14. The zero-order chi connectivity index (χ0) is 28.5. The predicted molar refractivity (Wildman–Crippen MR) is 170 cm³/mol. The molecule has 39 heavy (non-hydrogen) atoms. The maximum Gasteiger partial charge on any atom is 0.337 e. The van der Waals surface area contributed by atoms with Gasteiger partial charge in [0, 0.05) is 10.6 Å². The number of carbonyl (C=O) groups excluding carboxylic acids is 1. The van der Waals surface area contributed by atoms with Crippen LogP contribution in [-0.4, -0.2) is 21.4 Å². The van der Waals surface area contributed by atoms with Crippen molar-refractivity contribution in [1.82, 2.24) is 0 Å². The van der Waals surface area contributed by atoms with Crippen LogP contribution in [0.1, 0.15) is 100 Å². The number of methoxy groups -OCH3 is 1. The molecule has 0 bridgehead atoms. The molecule has 0 N–H and O–H groups in total. The predicted octanol–water partition coefficient (Wildman–Crippen LogP) is 10.7. The fourth-order valence-corrected chi connectivity index (χ4v) is 6.75. The lowest BCUT2D eigenvalue weighted by Gasteiger charge is -2.39. The van der Waals surface area contributed by atoms with E-state index in [1.807, 2.05) is 18.2 Å². The van der Waals surface area contributed by atoms with Crippen LogP contribution in [0.25, 0.3) is 10.8 Å². The summed E-state index contributed by atoms with van der Waals surface area (Å²) >= 11 is 1.74. The molecule has 0 aliphatic heterocycles. The van der Waals surface area contributed by atoms with Crippen molar-refractivity contribution in [2.24, 2.45) is 0 Å². The van der Waals surface area contributed by atoms with Gasteiger partial charge in [0.2, 0.25) is 0 Å². The van der Waals surface area contributed by atoms with Gasteiger partial charge in [-0.3, -0.25) is 0 Å². The van der Waals surface area contributed by atoms with E-state index in [4.69, 9.17) is 9.16 Å². The van der Waals surface area contributed by atoms with Gasteiger partial charge in [-0.2, -0.15) is 0 Å². The SMILES string of the molecule is CCCCCCCCC(O[Si](C)(C)C(C)(C)C)c1ccc2ccc(CSc3cccc(C(=O)OC)c3)cc2c1. The lowest BCUT2D eigenvalue weighted by atomic mass is 9.98. The molecule has 1 unspecified atom stereocenters. The third-order valence-electron chi connectivity index (χ3n) is 8.02. The van der Waals surface area contributed by atoms with Crippen LogP contribution in [0.5, 0.6) is 0 Å². The third-order valence-corrected chi connectivity index (χ3v) is 13.6. The number of unbranched alkanes of at least 4 members (excludes halogenated alkanes) is 5. The van der Waals surface area contributed by atoms with Gasteiger partial charge in [0.15, 0.2) is 8.32 Å². The molecule has 3 nitrogen and oxygen atoms in total. The highest BCUT2D eigenvalue weighted by molar-refractivity contribution is 7.98. The fraction of sp³-hybridized carbons (Fsp3) is 0.500. The van der Waals surface area contributed by atoms with Crippen LogP contribution in [0.15, 0.2) is 65.6 Å². The second-order valence-corrected chi connectivity index (χ2v) is 18.0. The van der Waals surface area contributed by atoms with Crippen molar-refractivity contribution in [3.05, 3.63) is 77.4 Å². The minimum atomic E-state index is -1.91. The van der Waals surface area contributed by atoms with Crippen LogP contribution in [0.4, 0.5) is 0 Å². The molecular formula is C34H48O3SSi. The van der Waals surface area contributed by atoms with Crippen LogP contribution in [0, 0.1) is 0 Å². The summed E-state index contributed by atoms with van der Waals surface area (Å²) in [5, 5.41) is 2.70. The maximum absolute atomic E-state index is 11.9. The van der Waals surface area contributed by atoms with Crippen molar-refractivity contribution >= 4 is 36.8 Å². The average molecular weight is 565 g/mol. The molecule has 0 saturated carbocycles. The van der Waals surface area contributed by atoms with Crippen molar-refractivity contribution in [2.75, 3.05) is 7.11 Å². The van der Waals surface area contributed by atoms with E-state index in [9.17, 15) is 4.79 Å². The van der Waals surface area contributed by atoms with E-state index in [-0.39, 0.29) is 17.1 Å². The fourth-order valence-electron chi connectivity index (χ4n) is 4.54. The minimum absolute atomic E-state index is 0.139. The van der Waals surface area contributed by atoms with E-state index in [0.717, 1.165) is 17.1 Å². The molecule has 0 amide bonds. The Kier molecular flexibility index (Phi) is 11.7. The molecular weight excluding hydrogens is 517 g/mol. The van der Waals surface area contributed by atoms with E-state index >= 15 is 0 Å². The molecule has 0 saturated heterocycles. The molecule has 3 aromatic rings. The summed E-state index contributed by atoms with van der Waals surface area (Å²) in [7, 11) is -0.495. The van der Waals surface area contributed by atoms with Crippen molar-refractivity contribution in [3.8, 4) is 0 Å². The standard InChI is InChI=1S/C34H48O3SSi/c1-8-9-10-11-12-13-17-32(37-39(6,7)34(2,3)4)28-21-20-27-19-18-26(22-30(27)23-28)25-38-31-16-14-15-29(24-31)33(35)36-5/h14-16,18-24,32H,8-13,17,25H2,1-7H3. The van der Waals surface area contributed by atoms with Gasteiger partial charge in [0.05, 0.1) is 18.8 Å². The summed E-state index contributed by atoms with van der Waals surface area (Å²) in [6.07, 6.45) is 9.00. The van der Waals surface area contributed by atoms with Crippen LogP contribution in [0.3, 0.4) is 0 Å². The largest absolute Gasteiger partial charge is 0.465 e. The molecule has 0 aliphatic rings. The van der Waals surface area contributed by atoms with Gasteiger partial charge >= 0.3 is 5.97 Å². The van der Waals surface area contributed by atoms with Gasteiger partial charge < -0.3 is 9.16 Å². The Balaban J connectivity index is 1.78.